The van der Waals surface area contributed by atoms with E-state index in [-0.39, 0.29) is 11.6 Å². The van der Waals surface area contributed by atoms with Crippen molar-refractivity contribution in [3.63, 3.8) is 0 Å². The molecule has 4 nitrogen and oxygen atoms in total. The topological polar surface area (TPSA) is 50.1 Å². The molecule has 0 unspecified atom stereocenters. The van der Waals surface area contributed by atoms with Crippen LogP contribution in [0.3, 0.4) is 0 Å². The maximum atomic E-state index is 12.1. The molecule has 0 radical (unpaired) electrons. The minimum atomic E-state index is 0.128. The normalized spacial score (nSPS) is 12.3. The summed E-state index contributed by atoms with van der Waals surface area (Å²) >= 11 is 0. The molecule has 1 aromatic heterocycles. The molecule has 0 bridgehead atoms. The zero-order valence-corrected chi connectivity index (χ0v) is 17.3. The van der Waals surface area contributed by atoms with Gasteiger partial charge in [-0.2, -0.15) is 0 Å². The van der Waals surface area contributed by atoms with Crippen LogP contribution in [0.15, 0.2) is 85.1 Å². The second-order valence-electron chi connectivity index (χ2n) is 7.61. The summed E-state index contributed by atoms with van der Waals surface area (Å²) in [5, 5.41) is 3.14. The van der Waals surface area contributed by atoms with Gasteiger partial charge in [0.1, 0.15) is 7.05 Å². The Bertz CT molecular complexity index is 1370. The van der Waals surface area contributed by atoms with E-state index in [9.17, 15) is 9.59 Å². The second kappa shape index (κ2) is 7.33. The van der Waals surface area contributed by atoms with Gasteiger partial charge in [-0.25, -0.2) is 4.57 Å². The van der Waals surface area contributed by atoms with E-state index in [0.29, 0.717) is 0 Å². The van der Waals surface area contributed by atoms with E-state index in [1.807, 2.05) is 104 Å². The summed E-state index contributed by atoms with van der Waals surface area (Å²) < 4.78 is 2.00. The Kier molecular flexibility index (Phi) is 4.48. The minimum Gasteiger partial charge on any atom is -0.388 e. The third kappa shape index (κ3) is 2.88. The van der Waals surface area contributed by atoms with Crippen LogP contribution in [-0.4, -0.2) is 18.6 Å². The quantitative estimate of drug-likeness (QED) is 0.405. The van der Waals surface area contributed by atoms with E-state index >= 15 is 0 Å². The number of nitrogens with one attached hydrogen (secondary N) is 1. The van der Waals surface area contributed by atoms with Crippen LogP contribution in [-0.2, 0) is 7.05 Å². The number of hydrogen-bond donors (Lipinski definition) is 1. The number of rotatable bonds is 1. The van der Waals surface area contributed by atoms with Crippen molar-refractivity contribution in [2.75, 3.05) is 12.4 Å². The number of benzene rings is 3. The molecule has 0 spiro atoms. The van der Waals surface area contributed by atoms with Gasteiger partial charge in [0.05, 0.1) is 11.1 Å². The fourth-order valence-electron chi connectivity index (χ4n) is 4.45. The minimum absolute atomic E-state index is 0.128. The van der Waals surface area contributed by atoms with Crippen LogP contribution in [0.25, 0.3) is 22.4 Å². The molecule has 2 aliphatic rings. The summed E-state index contributed by atoms with van der Waals surface area (Å²) in [6, 6.07) is 25.1. The van der Waals surface area contributed by atoms with Crippen molar-refractivity contribution in [1.82, 2.24) is 0 Å². The van der Waals surface area contributed by atoms with Gasteiger partial charge >= 0.3 is 0 Å². The Hall–Kier alpha value is -4.05. The average Bonchev–Trinajstić information content (AvgIpc) is 3.28. The maximum absolute atomic E-state index is 12.1. The monoisotopic (exact) mass is 405 g/mol. The van der Waals surface area contributed by atoms with Crippen molar-refractivity contribution in [1.29, 1.82) is 0 Å². The number of pyridine rings is 1. The largest absolute Gasteiger partial charge is 0.388 e. The second-order valence-corrected chi connectivity index (χ2v) is 7.61. The van der Waals surface area contributed by atoms with Gasteiger partial charge in [0, 0.05) is 41.1 Å². The van der Waals surface area contributed by atoms with Gasteiger partial charge in [-0.15, -0.1) is 0 Å². The van der Waals surface area contributed by atoms with Gasteiger partial charge in [-0.1, -0.05) is 54.6 Å². The van der Waals surface area contributed by atoms with Crippen LogP contribution >= 0.6 is 0 Å². The number of carbonyl (C=O) groups is 2. The van der Waals surface area contributed by atoms with Crippen LogP contribution in [0, 0.1) is 0 Å². The fraction of sp³-hybridized carbons (Fsp3) is 0.0741. The van der Waals surface area contributed by atoms with Crippen molar-refractivity contribution in [2.45, 2.75) is 0 Å². The number of nitrogens with zero attached hydrogens (tertiary/aromatic N) is 1. The first-order valence-corrected chi connectivity index (χ1v) is 10.2. The summed E-state index contributed by atoms with van der Waals surface area (Å²) in [5.41, 5.74) is 8.37. The van der Waals surface area contributed by atoms with Crippen molar-refractivity contribution < 1.29 is 14.2 Å². The van der Waals surface area contributed by atoms with E-state index in [2.05, 4.69) is 5.32 Å². The molecule has 1 N–H and O–H groups in total. The number of anilines is 1. The van der Waals surface area contributed by atoms with Gasteiger partial charge in [-0.3, -0.25) is 9.59 Å². The van der Waals surface area contributed by atoms with Gasteiger partial charge in [0.15, 0.2) is 12.0 Å². The molecule has 1 heterocycles. The number of fused-ring (bicyclic) bond motifs is 6. The third-order valence-corrected chi connectivity index (χ3v) is 5.87. The van der Waals surface area contributed by atoms with Crippen molar-refractivity contribution in [3.05, 3.63) is 107 Å². The molecule has 0 aliphatic heterocycles. The highest BCUT2D eigenvalue weighted by atomic mass is 16.1. The molecule has 0 amide bonds. The highest BCUT2D eigenvalue weighted by Gasteiger charge is 2.32. The Labute approximate surface area is 180 Å². The summed E-state index contributed by atoms with van der Waals surface area (Å²) in [5.74, 6) is 0.263. The molecule has 4 aromatic rings. The summed E-state index contributed by atoms with van der Waals surface area (Å²) in [6.07, 6.45) is 1.97. The Balaban J connectivity index is 0.000000132. The molecule has 0 saturated heterocycles. The summed E-state index contributed by atoms with van der Waals surface area (Å²) in [4.78, 5) is 24.2. The van der Waals surface area contributed by atoms with Gasteiger partial charge < -0.3 is 5.32 Å². The van der Waals surface area contributed by atoms with Crippen LogP contribution in [0.5, 0.6) is 0 Å². The maximum Gasteiger partial charge on any atom is 0.224 e. The summed E-state index contributed by atoms with van der Waals surface area (Å²) in [6.45, 7) is 0. The molecule has 0 saturated carbocycles. The lowest BCUT2D eigenvalue weighted by molar-refractivity contribution is -0.660. The smallest absolute Gasteiger partial charge is 0.224 e. The first kappa shape index (κ1) is 18.9. The molecule has 3 aromatic carbocycles. The van der Waals surface area contributed by atoms with Crippen molar-refractivity contribution >= 4 is 17.3 Å². The SMILES string of the molecule is CNc1cccc2c1-c1ccccc1C2=O.C[n+]1cccc2c1-c1ccccc1C2=O. The van der Waals surface area contributed by atoms with E-state index < -0.39 is 0 Å². The van der Waals surface area contributed by atoms with E-state index in [1.54, 1.807) is 0 Å². The van der Waals surface area contributed by atoms with Crippen molar-refractivity contribution in [3.8, 4) is 22.4 Å². The Morgan fingerprint density at radius 3 is 1.87 bits per heavy atom. The molecule has 4 heteroatoms. The molecule has 0 atom stereocenters. The standard InChI is InChI=1S/C14H11NO.C13H10NO/c1-15-12-8-4-7-11-13(12)9-5-2-3-6-10(9)14(11)16;1-14-8-4-7-11-12(14)9-5-2-3-6-10(9)13(11)15/h2-8,15H,1H3;2-8H,1H3/q;+1. The molecule has 6 rings (SSSR count). The average molecular weight is 405 g/mol. The predicted octanol–water partition coefficient (Wildman–Crippen LogP) is 4.66. The van der Waals surface area contributed by atoms with Gasteiger partial charge in [-0.05, 0) is 23.8 Å². The highest BCUT2D eigenvalue weighted by molar-refractivity contribution is 6.23. The molecule has 31 heavy (non-hydrogen) atoms. The van der Waals surface area contributed by atoms with E-state index in [1.165, 1.54) is 0 Å². The van der Waals surface area contributed by atoms with Crippen LogP contribution < -0.4 is 9.88 Å². The van der Waals surface area contributed by atoms with Crippen LogP contribution in [0.1, 0.15) is 31.8 Å². The number of aromatic nitrogens is 1. The lowest BCUT2D eigenvalue weighted by atomic mass is 10.0. The first-order valence-electron chi connectivity index (χ1n) is 10.2. The number of carbonyl (C=O) groups excluding carboxylic acids is 2. The van der Waals surface area contributed by atoms with Crippen molar-refractivity contribution in [2.24, 2.45) is 7.05 Å². The Morgan fingerprint density at radius 2 is 1.16 bits per heavy atom. The zero-order valence-electron chi connectivity index (χ0n) is 17.3. The van der Waals surface area contributed by atoms with E-state index in [0.717, 1.165) is 50.3 Å². The first-order chi connectivity index (χ1) is 15.1. The summed E-state index contributed by atoms with van der Waals surface area (Å²) in [7, 11) is 3.84. The molecule has 0 fully saturated rings. The lowest BCUT2D eigenvalue weighted by Gasteiger charge is -2.07. The lowest BCUT2D eigenvalue weighted by Crippen LogP contribution is -2.30. The zero-order chi connectivity index (χ0) is 21.5. The van der Waals surface area contributed by atoms with Gasteiger partial charge in [0.25, 0.3) is 0 Å². The third-order valence-electron chi connectivity index (χ3n) is 5.87. The predicted molar refractivity (Wildman–Crippen MR) is 121 cm³/mol. The molecular weight excluding hydrogens is 384 g/mol. The number of hydrogen-bond acceptors (Lipinski definition) is 3. The molecule has 150 valence electrons. The number of aryl methyl sites for hydroxylation is 1. The van der Waals surface area contributed by atoms with Crippen LogP contribution in [0.2, 0.25) is 0 Å². The number of ketones is 2. The van der Waals surface area contributed by atoms with E-state index in [4.69, 9.17) is 0 Å². The van der Waals surface area contributed by atoms with Gasteiger partial charge in [0.2, 0.25) is 11.5 Å². The molecular formula is C27H21N2O2+. The van der Waals surface area contributed by atoms with Crippen LogP contribution in [0.4, 0.5) is 5.69 Å². The fourth-order valence-corrected chi connectivity index (χ4v) is 4.45. The highest BCUT2D eigenvalue weighted by Crippen LogP contribution is 2.40. The molecule has 2 aliphatic carbocycles. The Morgan fingerprint density at radius 1 is 0.613 bits per heavy atom.